The molecule has 2 rings (SSSR count). The molecular formula is C13H15NOS. The van der Waals surface area contributed by atoms with Crippen LogP contribution in [0.4, 0.5) is 0 Å². The van der Waals surface area contributed by atoms with E-state index in [2.05, 4.69) is 0 Å². The highest BCUT2D eigenvalue weighted by Crippen LogP contribution is 2.26. The lowest BCUT2D eigenvalue weighted by Crippen LogP contribution is -2.34. The topological polar surface area (TPSA) is 43.1 Å². The number of benzene rings is 1. The van der Waals surface area contributed by atoms with Gasteiger partial charge in [-0.25, -0.2) is 0 Å². The Labute approximate surface area is 99.1 Å². The van der Waals surface area contributed by atoms with Crippen molar-refractivity contribution in [3.8, 4) is 0 Å². The van der Waals surface area contributed by atoms with Crippen molar-refractivity contribution in [1.82, 2.24) is 0 Å². The Kier molecular flexibility index (Phi) is 2.82. The van der Waals surface area contributed by atoms with Crippen LogP contribution in [0, 0.1) is 0 Å². The highest BCUT2D eigenvalue weighted by molar-refractivity contribution is 7.17. The van der Waals surface area contributed by atoms with Crippen LogP contribution in [0.25, 0.3) is 10.1 Å². The highest BCUT2D eigenvalue weighted by Gasteiger charge is 2.19. The zero-order valence-electron chi connectivity index (χ0n) is 9.49. The van der Waals surface area contributed by atoms with Crippen LogP contribution in [0.2, 0.25) is 0 Å². The third-order valence-corrected chi connectivity index (χ3v) is 3.36. The molecule has 2 nitrogen and oxygen atoms in total. The molecule has 0 saturated carbocycles. The van der Waals surface area contributed by atoms with E-state index >= 15 is 0 Å². The predicted octanol–water partition coefficient (Wildman–Crippen LogP) is 3.21. The van der Waals surface area contributed by atoms with Crippen LogP contribution in [-0.4, -0.2) is 11.3 Å². The maximum absolute atomic E-state index is 12.1. The number of carbonyl (C=O) groups excluding carboxylic acids is 1. The van der Waals surface area contributed by atoms with E-state index in [1.54, 1.807) is 11.3 Å². The maximum atomic E-state index is 12.1. The fraction of sp³-hybridized carbons (Fsp3) is 0.308. The minimum atomic E-state index is -0.448. The van der Waals surface area contributed by atoms with Gasteiger partial charge in [-0.3, -0.25) is 4.79 Å². The van der Waals surface area contributed by atoms with Gasteiger partial charge in [-0.05, 0) is 36.7 Å². The molecule has 0 aliphatic rings. The molecule has 1 aromatic carbocycles. The van der Waals surface area contributed by atoms with E-state index < -0.39 is 5.54 Å². The molecule has 3 heteroatoms. The molecule has 0 aliphatic heterocycles. The van der Waals surface area contributed by atoms with E-state index in [1.165, 1.54) is 0 Å². The summed E-state index contributed by atoms with van der Waals surface area (Å²) in [4.78, 5) is 12.1. The molecule has 0 saturated heterocycles. The lowest BCUT2D eigenvalue weighted by molar-refractivity contribution is 0.0962. The van der Waals surface area contributed by atoms with E-state index in [1.807, 2.05) is 43.5 Å². The number of ketones is 1. The van der Waals surface area contributed by atoms with Crippen LogP contribution in [0.5, 0.6) is 0 Å². The number of carbonyl (C=O) groups is 1. The van der Waals surface area contributed by atoms with Gasteiger partial charge in [-0.2, -0.15) is 0 Å². The van der Waals surface area contributed by atoms with Crippen molar-refractivity contribution in [2.75, 3.05) is 0 Å². The Morgan fingerprint density at radius 2 is 2.12 bits per heavy atom. The molecule has 0 aliphatic carbocycles. The van der Waals surface area contributed by atoms with Gasteiger partial charge in [0.05, 0.1) is 0 Å². The van der Waals surface area contributed by atoms with Crippen molar-refractivity contribution < 1.29 is 4.79 Å². The Morgan fingerprint density at radius 3 is 2.81 bits per heavy atom. The summed E-state index contributed by atoms with van der Waals surface area (Å²) in [6.07, 6.45) is 0.379. The first kappa shape index (κ1) is 11.3. The lowest BCUT2D eigenvalue weighted by Gasteiger charge is -2.17. The van der Waals surface area contributed by atoms with Crippen LogP contribution >= 0.6 is 11.3 Å². The number of rotatable bonds is 3. The summed E-state index contributed by atoms with van der Waals surface area (Å²) in [7, 11) is 0. The summed E-state index contributed by atoms with van der Waals surface area (Å²) in [6.45, 7) is 3.75. The summed E-state index contributed by atoms with van der Waals surface area (Å²) in [6, 6.07) is 7.86. The molecule has 0 bridgehead atoms. The van der Waals surface area contributed by atoms with E-state index in [0.29, 0.717) is 6.42 Å². The smallest absolute Gasteiger partial charge is 0.166 e. The zero-order valence-corrected chi connectivity index (χ0v) is 10.3. The minimum absolute atomic E-state index is 0.126. The fourth-order valence-corrected chi connectivity index (χ4v) is 2.65. The third kappa shape index (κ3) is 2.31. The Balaban J connectivity index is 2.40. The van der Waals surface area contributed by atoms with Crippen molar-refractivity contribution in [2.45, 2.75) is 25.8 Å². The summed E-state index contributed by atoms with van der Waals surface area (Å²) < 4.78 is 1.07. The van der Waals surface area contributed by atoms with Crippen LogP contribution in [-0.2, 0) is 0 Å². The molecule has 16 heavy (non-hydrogen) atoms. The lowest BCUT2D eigenvalue weighted by atomic mass is 9.95. The van der Waals surface area contributed by atoms with Crippen LogP contribution < -0.4 is 5.73 Å². The number of hydrogen-bond donors (Lipinski definition) is 1. The summed E-state index contributed by atoms with van der Waals surface area (Å²) in [5.41, 5.74) is 6.22. The van der Waals surface area contributed by atoms with Gasteiger partial charge in [0.25, 0.3) is 0 Å². The van der Waals surface area contributed by atoms with E-state index in [9.17, 15) is 4.79 Å². The quantitative estimate of drug-likeness (QED) is 0.827. The number of fused-ring (bicyclic) bond motifs is 1. The molecule has 0 atom stereocenters. The van der Waals surface area contributed by atoms with E-state index in [0.717, 1.165) is 15.6 Å². The summed E-state index contributed by atoms with van der Waals surface area (Å²) in [5, 5.41) is 3.14. The molecule has 0 unspecified atom stereocenters. The van der Waals surface area contributed by atoms with Crippen molar-refractivity contribution in [3.05, 3.63) is 35.2 Å². The number of Topliss-reactive ketones (excluding diaryl/α,β-unsaturated/α-hetero) is 1. The first-order valence-electron chi connectivity index (χ1n) is 5.26. The molecular weight excluding hydrogens is 218 g/mol. The first-order chi connectivity index (χ1) is 7.47. The summed E-state index contributed by atoms with van der Waals surface area (Å²) in [5.74, 6) is 0.126. The molecule has 0 radical (unpaired) electrons. The van der Waals surface area contributed by atoms with Crippen LogP contribution in [0.1, 0.15) is 30.6 Å². The standard InChI is InChI=1S/C13H15NOS/c1-13(2,14)8-11(15)10-5-3-4-9-6-7-16-12(9)10/h3-7H,8,14H2,1-2H3. The minimum Gasteiger partial charge on any atom is -0.325 e. The Morgan fingerprint density at radius 1 is 1.38 bits per heavy atom. The molecule has 0 spiro atoms. The van der Waals surface area contributed by atoms with Crippen molar-refractivity contribution in [3.63, 3.8) is 0 Å². The second kappa shape index (κ2) is 4.00. The van der Waals surface area contributed by atoms with E-state index in [4.69, 9.17) is 5.73 Å². The van der Waals surface area contributed by atoms with E-state index in [-0.39, 0.29) is 5.78 Å². The molecule has 2 aromatic rings. The maximum Gasteiger partial charge on any atom is 0.166 e. The number of hydrogen-bond acceptors (Lipinski definition) is 3. The highest BCUT2D eigenvalue weighted by atomic mass is 32.1. The summed E-state index contributed by atoms with van der Waals surface area (Å²) >= 11 is 1.61. The Bertz CT molecular complexity index is 522. The molecule has 0 fully saturated rings. The molecule has 84 valence electrons. The van der Waals surface area contributed by atoms with Gasteiger partial charge in [0, 0.05) is 22.2 Å². The van der Waals surface area contributed by atoms with Crippen molar-refractivity contribution in [1.29, 1.82) is 0 Å². The molecule has 0 amide bonds. The first-order valence-corrected chi connectivity index (χ1v) is 6.14. The van der Waals surface area contributed by atoms with Gasteiger partial charge in [0.2, 0.25) is 0 Å². The van der Waals surface area contributed by atoms with Crippen LogP contribution in [0.3, 0.4) is 0 Å². The molecule has 2 N–H and O–H groups in total. The van der Waals surface area contributed by atoms with Gasteiger partial charge >= 0.3 is 0 Å². The Hall–Kier alpha value is -1.19. The zero-order chi connectivity index (χ0) is 11.8. The third-order valence-electron chi connectivity index (χ3n) is 2.40. The van der Waals surface area contributed by atoms with Gasteiger partial charge in [0.15, 0.2) is 5.78 Å². The number of thiophene rings is 1. The average molecular weight is 233 g/mol. The molecule has 1 heterocycles. The van der Waals surface area contributed by atoms with Gasteiger partial charge < -0.3 is 5.73 Å². The predicted molar refractivity (Wildman–Crippen MR) is 69.0 cm³/mol. The molecule has 1 aromatic heterocycles. The van der Waals surface area contributed by atoms with Crippen molar-refractivity contribution in [2.24, 2.45) is 5.73 Å². The van der Waals surface area contributed by atoms with Crippen LogP contribution in [0.15, 0.2) is 29.6 Å². The fourth-order valence-electron chi connectivity index (χ4n) is 1.72. The second-order valence-electron chi connectivity index (χ2n) is 4.73. The average Bonchev–Trinajstić information content (AvgIpc) is 2.61. The van der Waals surface area contributed by atoms with Gasteiger partial charge in [-0.1, -0.05) is 12.1 Å². The van der Waals surface area contributed by atoms with Gasteiger partial charge in [-0.15, -0.1) is 11.3 Å². The second-order valence-corrected chi connectivity index (χ2v) is 5.65. The van der Waals surface area contributed by atoms with Crippen molar-refractivity contribution >= 4 is 27.2 Å². The normalized spacial score (nSPS) is 11.9. The number of nitrogens with two attached hydrogens (primary N) is 1. The SMILES string of the molecule is CC(C)(N)CC(=O)c1cccc2ccsc12. The monoisotopic (exact) mass is 233 g/mol. The van der Waals surface area contributed by atoms with Gasteiger partial charge in [0.1, 0.15) is 0 Å². The largest absolute Gasteiger partial charge is 0.325 e.